The van der Waals surface area contributed by atoms with E-state index >= 15 is 0 Å². The van der Waals surface area contributed by atoms with E-state index in [1.54, 1.807) is 12.1 Å². The minimum atomic E-state index is -0.648. The molecule has 1 saturated heterocycles. The molecule has 5 rings (SSSR count). The molecule has 0 spiro atoms. The zero-order valence-electron chi connectivity index (χ0n) is 18.9. The molecule has 2 saturated carbocycles. The Bertz CT molecular complexity index is 1220. The summed E-state index contributed by atoms with van der Waals surface area (Å²) >= 11 is 12.1. The highest BCUT2D eigenvalue weighted by Crippen LogP contribution is 2.56. The number of carbonyl (C=O) groups is 4. The molecule has 0 N–H and O–H groups in total. The fourth-order valence-electron chi connectivity index (χ4n) is 5.78. The van der Waals surface area contributed by atoms with Crippen LogP contribution in [0.3, 0.4) is 0 Å². The number of amides is 3. The Morgan fingerprint density at radius 2 is 1.50 bits per heavy atom. The first-order valence-electron chi connectivity index (χ1n) is 11.4. The van der Waals surface area contributed by atoms with E-state index in [4.69, 9.17) is 23.2 Å². The number of halogens is 2. The number of benzene rings is 2. The summed E-state index contributed by atoms with van der Waals surface area (Å²) in [5.41, 5.74) is 2.53. The molecule has 3 amide bonds. The zero-order valence-corrected chi connectivity index (χ0v) is 20.4. The van der Waals surface area contributed by atoms with Crippen molar-refractivity contribution >= 4 is 46.7 Å². The summed E-state index contributed by atoms with van der Waals surface area (Å²) in [4.78, 5) is 53.8. The van der Waals surface area contributed by atoms with E-state index in [9.17, 15) is 19.2 Å². The summed E-state index contributed by atoms with van der Waals surface area (Å²) in [5.74, 6) is -2.28. The van der Waals surface area contributed by atoms with Gasteiger partial charge in [-0.05, 0) is 80.3 Å². The van der Waals surface area contributed by atoms with Gasteiger partial charge in [0.2, 0.25) is 0 Å². The minimum Gasteiger partial charge on any atom is -0.292 e. The van der Waals surface area contributed by atoms with Gasteiger partial charge in [0.15, 0.2) is 5.78 Å². The maximum Gasteiger partial charge on any atom is 0.273 e. The number of ketones is 1. The third-order valence-corrected chi connectivity index (χ3v) is 8.41. The first-order chi connectivity index (χ1) is 16.2. The average Bonchev–Trinajstić information content (AvgIpc) is 3.49. The lowest BCUT2D eigenvalue weighted by Gasteiger charge is -2.31. The topological polar surface area (TPSA) is 74.8 Å². The Kier molecular flexibility index (Phi) is 5.77. The summed E-state index contributed by atoms with van der Waals surface area (Å²) in [6, 6.07) is 9.61. The van der Waals surface area contributed by atoms with Crippen molar-refractivity contribution in [3.63, 3.8) is 0 Å². The molecule has 0 aromatic heterocycles. The van der Waals surface area contributed by atoms with Gasteiger partial charge in [-0.3, -0.25) is 19.2 Å². The maximum absolute atomic E-state index is 13.6. The molecule has 2 aliphatic carbocycles. The normalized spacial score (nSPS) is 25.1. The quantitative estimate of drug-likeness (QED) is 0.434. The summed E-state index contributed by atoms with van der Waals surface area (Å²) in [5, 5.41) is 2.38. The van der Waals surface area contributed by atoms with Crippen LogP contribution in [0.15, 0.2) is 36.4 Å². The molecule has 2 bridgehead atoms. The maximum atomic E-state index is 13.6. The summed E-state index contributed by atoms with van der Waals surface area (Å²) in [6.45, 7) is 3.40. The lowest BCUT2D eigenvalue weighted by molar-refractivity contribution is -0.154. The smallest absolute Gasteiger partial charge is 0.273 e. The summed E-state index contributed by atoms with van der Waals surface area (Å²) < 4.78 is 0. The van der Waals surface area contributed by atoms with Gasteiger partial charge in [0.25, 0.3) is 17.7 Å². The second-order valence-corrected chi connectivity index (χ2v) is 10.4. The molecule has 3 aliphatic rings. The molecule has 176 valence electrons. The van der Waals surface area contributed by atoms with Crippen molar-refractivity contribution in [2.75, 3.05) is 6.54 Å². The Morgan fingerprint density at radius 1 is 0.882 bits per heavy atom. The Hall–Kier alpha value is -2.70. The molecule has 6 nitrogen and oxygen atoms in total. The van der Waals surface area contributed by atoms with Crippen LogP contribution in [0.2, 0.25) is 10.0 Å². The fraction of sp³-hybridized carbons (Fsp3) is 0.385. The van der Waals surface area contributed by atoms with Crippen molar-refractivity contribution in [1.82, 2.24) is 10.0 Å². The minimum absolute atomic E-state index is 0.142. The number of hydrogen-bond donors (Lipinski definition) is 0. The van der Waals surface area contributed by atoms with Gasteiger partial charge >= 0.3 is 0 Å². The van der Waals surface area contributed by atoms with E-state index in [2.05, 4.69) is 0 Å². The highest BCUT2D eigenvalue weighted by Gasteiger charge is 2.62. The van der Waals surface area contributed by atoms with E-state index < -0.39 is 24.3 Å². The lowest BCUT2D eigenvalue weighted by Crippen LogP contribution is -2.52. The Labute approximate surface area is 207 Å². The molecule has 0 unspecified atom stereocenters. The van der Waals surface area contributed by atoms with Gasteiger partial charge in [0.05, 0.1) is 21.9 Å². The third-order valence-electron chi connectivity index (χ3n) is 7.67. The van der Waals surface area contributed by atoms with Crippen molar-refractivity contribution in [3.8, 4) is 0 Å². The highest BCUT2D eigenvalue weighted by atomic mass is 35.5. The van der Waals surface area contributed by atoms with Gasteiger partial charge in [-0.15, -0.1) is 0 Å². The second kappa shape index (κ2) is 8.51. The number of hydrogen-bond acceptors (Lipinski definition) is 4. The Morgan fingerprint density at radius 3 is 2.09 bits per heavy atom. The van der Waals surface area contributed by atoms with Gasteiger partial charge < -0.3 is 0 Å². The van der Waals surface area contributed by atoms with E-state index in [0.29, 0.717) is 5.56 Å². The molecule has 0 radical (unpaired) electrons. The van der Waals surface area contributed by atoms with Crippen molar-refractivity contribution in [3.05, 3.63) is 68.7 Å². The van der Waals surface area contributed by atoms with E-state index in [0.717, 1.165) is 40.4 Å². The predicted octanol–water partition coefficient (Wildman–Crippen LogP) is 4.88. The Balaban J connectivity index is 1.51. The number of Topliss-reactive ketones (excluding diaryl/α,β-unsaturated/α-hetero) is 1. The van der Waals surface area contributed by atoms with Crippen molar-refractivity contribution in [2.24, 2.45) is 23.7 Å². The molecule has 3 fully saturated rings. The van der Waals surface area contributed by atoms with Gasteiger partial charge in [0.1, 0.15) is 6.54 Å². The van der Waals surface area contributed by atoms with E-state index in [1.165, 1.54) is 18.2 Å². The molecule has 4 atom stereocenters. The van der Waals surface area contributed by atoms with Crippen molar-refractivity contribution in [1.29, 1.82) is 0 Å². The number of rotatable bonds is 5. The van der Waals surface area contributed by atoms with Crippen LogP contribution in [0.25, 0.3) is 0 Å². The molecular formula is C26H24Cl2N2O4. The van der Waals surface area contributed by atoms with Crippen LogP contribution in [-0.2, 0) is 9.59 Å². The largest absolute Gasteiger partial charge is 0.292 e. The number of carbonyl (C=O) groups excluding carboxylic acids is 4. The van der Waals surface area contributed by atoms with Gasteiger partial charge in [-0.1, -0.05) is 35.3 Å². The zero-order chi connectivity index (χ0) is 24.3. The van der Waals surface area contributed by atoms with Crippen LogP contribution in [0.4, 0.5) is 0 Å². The van der Waals surface area contributed by atoms with Crippen LogP contribution in [0, 0.1) is 37.5 Å². The summed E-state index contributed by atoms with van der Waals surface area (Å²) in [6.07, 6.45) is 2.71. The fourth-order valence-corrected chi connectivity index (χ4v) is 6.08. The highest BCUT2D eigenvalue weighted by molar-refractivity contribution is 6.42. The predicted molar refractivity (Wildman–Crippen MR) is 127 cm³/mol. The molecular weight excluding hydrogens is 475 g/mol. The average molecular weight is 499 g/mol. The molecule has 34 heavy (non-hydrogen) atoms. The van der Waals surface area contributed by atoms with Crippen LogP contribution in [0.5, 0.6) is 0 Å². The van der Waals surface area contributed by atoms with E-state index in [1.807, 2.05) is 19.9 Å². The number of nitrogens with zero attached hydrogens (tertiary/aromatic N) is 2. The SMILES string of the molecule is Cc1ccc(C(=O)CN(C(=O)c2ccc(Cl)c(Cl)c2)N2C(=O)[C@H]3[C@H]4CC[C@@H](C4)[C@@H]3C2=O)cc1C. The first-order valence-corrected chi connectivity index (χ1v) is 12.2. The van der Waals surface area contributed by atoms with Crippen LogP contribution in [0.1, 0.15) is 51.1 Å². The standard InChI is InChI=1S/C26H24Cl2N2O4/c1-13-3-4-15(9-14(13)2)21(31)12-29(24(32)18-7-8-19(27)20(28)11-18)30-25(33)22-16-5-6-17(10-16)23(22)26(30)34/h3-4,7-9,11,16-17,22-23H,5-6,10,12H2,1-2H3/t16-,17-,22-,23-/m0/s1. The molecule has 1 heterocycles. The molecule has 2 aromatic rings. The number of imide groups is 1. The molecule has 8 heteroatoms. The van der Waals surface area contributed by atoms with Crippen LogP contribution >= 0.6 is 23.2 Å². The molecule has 1 aliphatic heterocycles. The van der Waals surface area contributed by atoms with E-state index in [-0.39, 0.29) is 45.0 Å². The van der Waals surface area contributed by atoms with Gasteiger partial charge in [-0.25, -0.2) is 5.01 Å². The van der Waals surface area contributed by atoms with Crippen LogP contribution in [-0.4, -0.2) is 40.1 Å². The summed E-state index contributed by atoms with van der Waals surface area (Å²) in [7, 11) is 0. The first kappa shape index (κ1) is 23.1. The number of aryl methyl sites for hydroxylation is 2. The van der Waals surface area contributed by atoms with Gasteiger partial charge in [0, 0.05) is 11.1 Å². The molecule has 2 aromatic carbocycles. The van der Waals surface area contributed by atoms with Crippen molar-refractivity contribution < 1.29 is 19.2 Å². The third kappa shape index (κ3) is 3.64. The number of fused-ring (bicyclic) bond motifs is 5. The monoisotopic (exact) mass is 498 g/mol. The lowest BCUT2D eigenvalue weighted by atomic mass is 9.81. The second-order valence-electron chi connectivity index (χ2n) is 9.59. The number of hydrazine groups is 1. The van der Waals surface area contributed by atoms with Crippen LogP contribution < -0.4 is 0 Å². The van der Waals surface area contributed by atoms with Gasteiger partial charge in [-0.2, -0.15) is 5.01 Å². The van der Waals surface area contributed by atoms with Crippen molar-refractivity contribution in [2.45, 2.75) is 33.1 Å².